The van der Waals surface area contributed by atoms with Gasteiger partial charge in [0.25, 0.3) is 0 Å². The molecule has 8 rings (SSSR count). The van der Waals surface area contributed by atoms with Crippen LogP contribution in [0.5, 0.6) is 0 Å². The highest BCUT2D eigenvalue weighted by Gasteiger charge is 2.50. The van der Waals surface area contributed by atoms with Crippen LogP contribution in [0.25, 0.3) is 42.0 Å². The zero-order valence-electron chi connectivity index (χ0n) is 20.7. The van der Waals surface area contributed by atoms with Gasteiger partial charge in [-0.25, -0.2) is 8.80 Å². The van der Waals surface area contributed by atoms with E-state index in [0.29, 0.717) is 0 Å². The number of hydrogen-bond acceptors (Lipinski definition) is 2. The van der Waals surface area contributed by atoms with E-state index in [2.05, 4.69) is 93.6 Å². The second-order valence-electron chi connectivity index (χ2n) is 10.9. The zero-order valence-corrected chi connectivity index (χ0v) is 22.4. The number of benzene rings is 3. The predicted octanol–water partition coefficient (Wildman–Crippen LogP) is 6.93. The molecule has 0 fully saturated rings. The largest absolute Gasteiger partial charge is 0.847 e. The average Bonchev–Trinajstić information content (AvgIpc) is 3.61. The molecule has 0 radical (unpaired) electrons. The summed E-state index contributed by atoms with van der Waals surface area (Å²) in [5.41, 5.74) is 6.46. The van der Waals surface area contributed by atoms with Crippen molar-refractivity contribution < 1.29 is 4.32 Å². The van der Waals surface area contributed by atoms with Gasteiger partial charge in [-0.3, -0.25) is 4.48 Å². The first-order valence-electron chi connectivity index (χ1n) is 12.6. The molecule has 0 unspecified atom stereocenters. The lowest BCUT2D eigenvalue weighted by atomic mass is 9.85. The zero-order chi connectivity index (χ0) is 25.1. The van der Waals surface area contributed by atoms with E-state index in [1.54, 1.807) is 22.7 Å². The third-order valence-electron chi connectivity index (χ3n) is 7.71. The Morgan fingerprint density at radius 2 is 1.49 bits per heavy atom. The third kappa shape index (κ3) is 2.88. The lowest BCUT2D eigenvalue weighted by Crippen LogP contribution is -2.47. The van der Waals surface area contributed by atoms with Crippen LogP contribution in [-0.2, 0) is 5.41 Å². The van der Waals surface area contributed by atoms with E-state index < -0.39 is 7.26 Å². The van der Waals surface area contributed by atoms with Crippen LogP contribution in [0, 0.1) is 0 Å². The van der Waals surface area contributed by atoms with Crippen molar-refractivity contribution in [2.45, 2.75) is 26.2 Å². The second kappa shape index (κ2) is 7.30. The number of rotatable bonds is 1. The maximum absolute atomic E-state index is 16.9. The fourth-order valence-electron chi connectivity index (χ4n) is 5.93. The first kappa shape index (κ1) is 21.6. The Balaban J connectivity index is 1.51. The summed E-state index contributed by atoms with van der Waals surface area (Å²) in [6, 6.07) is 27.8. The molecule has 0 saturated carbocycles. The molecular weight excluding hydrogens is 494 g/mol. The Labute approximate surface area is 222 Å². The molecule has 3 aromatic carbocycles. The quantitative estimate of drug-likeness (QED) is 0.209. The molecule has 2 aliphatic rings. The maximum Gasteiger partial charge on any atom is 0.847 e. The topological polar surface area (TPSA) is 7.94 Å². The minimum absolute atomic E-state index is 0.0727. The molecule has 3 aromatic heterocycles. The van der Waals surface area contributed by atoms with Crippen LogP contribution >= 0.6 is 22.7 Å². The lowest BCUT2D eigenvalue weighted by Gasteiger charge is -2.22. The molecular formula is C31H23BFN2S2+. The first-order valence-corrected chi connectivity index (χ1v) is 14.2. The number of hydrogen-bond donors (Lipinski definition) is 0. The summed E-state index contributed by atoms with van der Waals surface area (Å²) in [6.07, 6.45) is 2.20. The molecule has 2 aliphatic heterocycles. The number of thiophene rings is 2. The van der Waals surface area contributed by atoms with Gasteiger partial charge in [-0.2, -0.15) is 0 Å². The van der Waals surface area contributed by atoms with Gasteiger partial charge in [-0.05, 0) is 40.8 Å². The molecule has 0 bridgehead atoms. The van der Waals surface area contributed by atoms with Crippen LogP contribution in [0.4, 0.5) is 4.32 Å². The van der Waals surface area contributed by atoms with Crippen molar-refractivity contribution >= 4 is 72.0 Å². The van der Waals surface area contributed by atoms with Gasteiger partial charge in [-0.15, -0.1) is 22.7 Å². The van der Waals surface area contributed by atoms with Gasteiger partial charge in [0.15, 0.2) is 5.70 Å². The Hall–Kier alpha value is -3.48. The van der Waals surface area contributed by atoms with Gasteiger partial charge >= 0.3 is 7.26 Å². The van der Waals surface area contributed by atoms with E-state index in [1.807, 2.05) is 21.1 Å². The minimum atomic E-state index is -1.33. The Morgan fingerprint density at radius 1 is 0.811 bits per heavy atom. The van der Waals surface area contributed by atoms with Crippen molar-refractivity contribution in [1.82, 2.24) is 8.96 Å². The van der Waals surface area contributed by atoms with Crippen molar-refractivity contribution in [2.24, 2.45) is 0 Å². The summed E-state index contributed by atoms with van der Waals surface area (Å²) in [6.45, 7) is 6.70. The molecule has 37 heavy (non-hydrogen) atoms. The van der Waals surface area contributed by atoms with Gasteiger partial charge in [0.1, 0.15) is 4.53 Å². The molecule has 0 atom stereocenters. The van der Waals surface area contributed by atoms with E-state index in [9.17, 15) is 0 Å². The molecule has 6 aromatic rings. The van der Waals surface area contributed by atoms with Crippen molar-refractivity contribution in [3.63, 3.8) is 0 Å². The normalized spacial score (nSPS) is 15.0. The van der Waals surface area contributed by atoms with Gasteiger partial charge in [-0.1, -0.05) is 75.4 Å². The molecule has 2 nitrogen and oxygen atoms in total. The highest BCUT2D eigenvalue weighted by Crippen LogP contribution is 2.43. The summed E-state index contributed by atoms with van der Waals surface area (Å²) in [5, 5.41) is 3.21. The highest BCUT2D eigenvalue weighted by atomic mass is 32.1. The summed E-state index contributed by atoms with van der Waals surface area (Å²) in [5.74, 6) is 0. The number of fused-ring (bicyclic) bond motifs is 9. The lowest BCUT2D eigenvalue weighted by molar-refractivity contribution is 0.590. The third-order valence-corrected chi connectivity index (χ3v) is 9.92. The van der Waals surface area contributed by atoms with Crippen LogP contribution in [0.2, 0.25) is 0 Å². The summed E-state index contributed by atoms with van der Waals surface area (Å²) in [4.78, 5) is 0. The van der Waals surface area contributed by atoms with E-state index in [4.69, 9.17) is 0 Å². The number of allylic oxidation sites excluding steroid dienone is 1. The van der Waals surface area contributed by atoms with Crippen molar-refractivity contribution in [3.8, 4) is 0 Å². The van der Waals surface area contributed by atoms with Gasteiger partial charge in [0, 0.05) is 20.9 Å². The molecule has 0 amide bonds. The van der Waals surface area contributed by atoms with Gasteiger partial charge < -0.3 is 0 Å². The summed E-state index contributed by atoms with van der Waals surface area (Å²) in [7, 11) is -1.33. The molecule has 0 saturated heterocycles. The van der Waals surface area contributed by atoms with Crippen molar-refractivity contribution in [2.75, 3.05) is 0 Å². The van der Waals surface area contributed by atoms with Crippen LogP contribution in [-0.4, -0.2) is 11.7 Å². The fraction of sp³-hybridized carbons (Fsp3) is 0.129. The summed E-state index contributed by atoms with van der Waals surface area (Å²) >= 11 is 3.48. The predicted molar refractivity (Wildman–Crippen MR) is 158 cm³/mol. The SMILES string of the molecule is CC(C)(C)c1ccc(C2=C3C=c4sc5ccccc5c4=[N+]3B(F)n3c2cc2sc4ccccc4c23)cc1. The molecule has 0 aliphatic carbocycles. The van der Waals surface area contributed by atoms with Crippen LogP contribution in [0.3, 0.4) is 0 Å². The van der Waals surface area contributed by atoms with Gasteiger partial charge in [0.05, 0.1) is 26.9 Å². The standard InChI is InChI=1S/C31H23BFN2S2/c1-31(2,3)19-14-12-18(13-15-19)28-22-16-26-29(20-8-4-6-10-24(20)36-26)34(22)32(33)35-23(28)17-27-30(35)21-9-5-7-11-25(21)37-27/h4-17H,1-3H3/q+1. The fourth-order valence-corrected chi connectivity index (χ4v) is 8.20. The smallest absolute Gasteiger partial charge is 0.284 e. The molecule has 5 heterocycles. The highest BCUT2D eigenvalue weighted by molar-refractivity contribution is 7.25. The van der Waals surface area contributed by atoms with Crippen molar-refractivity contribution in [3.05, 3.63) is 111 Å². The molecule has 0 spiro atoms. The Bertz CT molecular complexity index is 2080. The van der Waals surface area contributed by atoms with Crippen molar-refractivity contribution in [1.29, 1.82) is 0 Å². The maximum atomic E-state index is 16.9. The molecule has 6 heteroatoms. The van der Waals surface area contributed by atoms with E-state index in [0.717, 1.165) is 53.4 Å². The first-order chi connectivity index (χ1) is 17.9. The van der Waals surface area contributed by atoms with E-state index in [1.165, 1.54) is 15.0 Å². The average molecular weight is 517 g/mol. The van der Waals surface area contributed by atoms with Crippen LogP contribution in [0.1, 0.15) is 37.6 Å². The molecule has 0 N–H and O–H groups in total. The Morgan fingerprint density at radius 3 is 2.22 bits per heavy atom. The number of aromatic nitrogens is 1. The molecule has 178 valence electrons. The van der Waals surface area contributed by atoms with Crippen LogP contribution < -0.4 is 14.4 Å². The monoisotopic (exact) mass is 517 g/mol. The summed E-state index contributed by atoms with van der Waals surface area (Å²) < 4.78 is 25.4. The second-order valence-corrected chi connectivity index (χ2v) is 13.1. The van der Waals surface area contributed by atoms with E-state index >= 15 is 4.32 Å². The minimum Gasteiger partial charge on any atom is -0.284 e. The van der Waals surface area contributed by atoms with Gasteiger partial charge in [0.2, 0.25) is 5.36 Å². The van der Waals surface area contributed by atoms with E-state index in [-0.39, 0.29) is 5.41 Å². The Kier molecular flexibility index (Phi) is 4.26. The number of nitrogens with zero attached hydrogens (tertiary/aromatic N) is 2. The number of halogens is 1. The van der Waals surface area contributed by atoms with Crippen LogP contribution in [0.15, 0.2) is 84.6 Å².